The smallest absolute Gasteiger partial charge is 0.157 e. The maximum absolute atomic E-state index is 4.67. The quantitative estimate of drug-likeness (QED) is 0.889. The van der Waals surface area contributed by atoms with Gasteiger partial charge in [0.15, 0.2) is 5.17 Å². The maximum Gasteiger partial charge on any atom is 0.157 e. The number of aliphatic imine (C=N–C) groups is 1. The Kier molecular flexibility index (Phi) is 3.29. The Hall–Kier alpha value is -1.03. The number of amidine groups is 1. The van der Waals surface area contributed by atoms with Gasteiger partial charge in [0.25, 0.3) is 0 Å². The summed E-state index contributed by atoms with van der Waals surface area (Å²) in [4.78, 5) is 8.97. The van der Waals surface area contributed by atoms with Crippen molar-refractivity contribution in [3.8, 4) is 0 Å². The van der Waals surface area contributed by atoms with Crippen LogP contribution < -0.4 is 5.32 Å². The molecule has 3 nitrogen and oxygen atoms in total. The first-order valence-corrected chi connectivity index (χ1v) is 7.61. The molecular weight excluding hydrogens is 242 g/mol. The molecule has 18 heavy (non-hydrogen) atoms. The van der Waals surface area contributed by atoms with Crippen LogP contribution in [0.4, 0.5) is 0 Å². The molecule has 4 heteroatoms. The Labute approximate surface area is 112 Å². The van der Waals surface area contributed by atoms with Gasteiger partial charge in [-0.2, -0.15) is 0 Å². The Morgan fingerprint density at radius 3 is 2.94 bits per heavy atom. The van der Waals surface area contributed by atoms with Crippen LogP contribution in [-0.4, -0.2) is 21.4 Å². The zero-order chi connectivity index (χ0) is 12.4. The molecule has 96 valence electrons. The molecule has 3 rings (SSSR count). The Bertz CT molecular complexity index is 447. The van der Waals surface area contributed by atoms with E-state index >= 15 is 0 Å². The average molecular weight is 261 g/mol. The minimum Gasteiger partial charge on any atom is -0.359 e. The van der Waals surface area contributed by atoms with E-state index in [-0.39, 0.29) is 0 Å². The fourth-order valence-electron chi connectivity index (χ4n) is 2.67. The van der Waals surface area contributed by atoms with E-state index in [1.54, 1.807) is 0 Å². The van der Waals surface area contributed by atoms with Crippen molar-refractivity contribution in [3.63, 3.8) is 0 Å². The maximum atomic E-state index is 4.67. The van der Waals surface area contributed by atoms with Crippen molar-refractivity contribution in [2.24, 2.45) is 4.99 Å². The molecule has 1 N–H and O–H groups in total. The molecule has 0 atom stereocenters. The van der Waals surface area contributed by atoms with E-state index in [1.807, 2.05) is 30.9 Å². The lowest BCUT2D eigenvalue weighted by Gasteiger charge is -2.21. The molecule has 1 aliphatic carbocycles. The van der Waals surface area contributed by atoms with Crippen molar-refractivity contribution in [2.75, 3.05) is 5.75 Å². The normalized spacial score (nSPS) is 23.7. The van der Waals surface area contributed by atoms with E-state index in [0.717, 1.165) is 17.4 Å². The number of hydrogen-bond donors (Lipinski definition) is 1. The number of thioether (sulfide) groups is 1. The molecule has 0 unspecified atom stereocenters. The fourth-order valence-corrected chi connectivity index (χ4v) is 3.89. The SMILES string of the molecule is Cc1ccc(CN=C2NC3(CCCC3)CS2)cn1. The number of hydrogen-bond acceptors (Lipinski definition) is 3. The van der Waals surface area contributed by atoms with Gasteiger partial charge in [-0.05, 0) is 31.4 Å². The molecule has 0 aromatic carbocycles. The average Bonchev–Trinajstić information content (AvgIpc) is 3.00. The second-order valence-electron chi connectivity index (χ2n) is 5.33. The van der Waals surface area contributed by atoms with E-state index in [2.05, 4.69) is 21.4 Å². The summed E-state index contributed by atoms with van der Waals surface area (Å²) in [5.41, 5.74) is 2.61. The van der Waals surface area contributed by atoms with Crippen LogP contribution in [0.15, 0.2) is 23.3 Å². The molecule has 2 aliphatic rings. The molecule has 1 aliphatic heterocycles. The van der Waals surface area contributed by atoms with Crippen LogP contribution in [0.25, 0.3) is 0 Å². The highest BCUT2D eigenvalue weighted by atomic mass is 32.2. The van der Waals surface area contributed by atoms with Crippen LogP contribution >= 0.6 is 11.8 Å². The van der Waals surface area contributed by atoms with Gasteiger partial charge in [-0.3, -0.25) is 9.98 Å². The highest BCUT2D eigenvalue weighted by Gasteiger charge is 2.39. The summed E-state index contributed by atoms with van der Waals surface area (Å²) in [6.45, 7) is 2.74. The van der Waals surface area contributed by atoms with Crippen molar-refractivity contribution >= 4 is 16.9 Å². The van der Waals surface area contributed by atoms with Gasteiger partial charge in [-0.1, -0.05) is 30.7 Å². The molecule has 0 radical (unpaired) electrons. The first-order valence-electron chi connectivity index (χ1n) is 6.63. The Morgan fingerprint density at radius 1 is 1.39 bits per heavy atom. The first-order chi connectivity index (χ1) is 8.76. The highest BCUT2D eigenvalue weighted by molar-refractivity contribution is 8.14. The van der Waals surface area contributed by atoms with Crippen molar-refractivity contribution < 1.29 is 0 Å². The molecule has 2 fully saturated rings. The lowest BCUT2D eigenvalue weighted by Crippen LogP contribution is -2.40. The van der Waals surface area contributed by atoms with Gasteiger partial charge in [-0.25, -0.2) is 0 Å². The highest BCUT2D eigenvalue weighted by Crippen LogP contribution is 2.37. The summed E-state index contributed by atoms with van der Waals surface area (Å²) in [5.74, 6) is 1.19. The van der Waals surface area contributed by atoms with Gasteiger partial charge in [0, 0.05) is 23.2 Å². The van der Waals surface area contributed by atoms with Crippen LogP contribution in [0.5, 0.6) is 0 Å². The van der Waals surface area contributed by atoms with E-state index in [9.17, 15) is 0 Å². The van der Waals surface area contributed by atoms with Gasteiger partial charge in [0.2, 0.25) is 0 Å². The van der Waals surface area contributed by atoms with Gasteiger partial charge in [-0.15, -0.1) is 0 Å². The van der Waals surface area contributed by atoms with Gasteiger partial charge >= 0.3 is 0 Å². The third-order valence-electron chi connectivity index (χ3n) is 3.80. The van der Waals surface area contributed by atoms with E-state index in [4.69, 9.17) is 0 Å². The minimum atomic E-state index is 0.370. The second-order valence-corrected chi connectivity index (χ2v) is 6.29. The largest absolute Gasteiger partial charge is 0.359 e. The number of nitrogens with zero attached hydrogens (tertiary/aromatic N) is 2. The number of nitrogens with one attached hydrogen (secondary N) is 1. The molecular formula is C14H19N3S. The third kappa shape index (κ3) is 2.53. The van der Waals surface area contributed by atoms with E-state index in [0.29, 0.717) is 5.54 Å². The Balaban J connectivity index is 1.62. The van der Waals surface area contributed by atoms with Crippen molar-refractivity contribution in [1.29, 1.82) is 0 Å². The summed E-state index contributed by atoms with van der Waals surface area (Å²) >= 11 is 1.88. The van der Waals surface area contributed by atoms with E-state index in [1.165, 1.54) is 37.0 Å². The zero-order valence-corrected chi connectivity index (χ0v) is 11.6. The minimum absolute atomic E-state index is 0.370. The van der Waals surface area contributed by atoms with Crippen molar-refractivity contribution in [3.05, 3.63) is 29.6 Å². The molecule has 1 aromatic rings. The van der Waals surface area contributed by atoms with Gasteiger partial charge < -0.3 is 5.32 Å². The zero-order valence-electron chi connectivity index (χ0n) is 10.8. The molecule has 1 saturated carbocycles. The predicted molar refractivity (Wildman–Crippen MR) is 76.9 cm³/mol. The summed E-state index contributed by atoms with van der Waals surface area (Å²) < 4.78 is 0. The Morgan fingerprint density at radius 2 is 2.22 bits per heavy atom. The number of pyridine rings is 1. The monoisotopic (exact) mass is 261 g/mol. The van der Waals surface area contributed by atoms with Gasteiger partial charge in [0.1, 0.15) is 0 Å². The molecule has 1 saturated heterocycles. The molecule has 1 spiro atoms. The fraction of sp³-hybridized carbons (Fsp3) is 0.571. The lowest BCUT2D eigenvalue weighted by atomic mass is 10.0. The first kappa shape index (κ1) is 12.0. The van der Waals surface area contributed by atoms with Crippen LogP contribution in [-0.2, 0) is 6.54 Å². The summed E-state index contributed by atoms with van der Waals surface area (Å²) in [6.07, 6.45) is 7.27. The van der Waals surface area contributed by atoms with Crippen LogP contribution in [0.3, 0.4) is 0 Å². The van der Waals surface area contributed by atoms with Crippen LogP contribution in [0.1, 0.15) is 36.9 Å². The number of rotatable bonds is 2. The van der Waals surface area contributed by atoms with Crippen LogP contribution in [0, 0.1) is 6.92 Å². The molecule has 0 bridgehead atoms. The second kappa shape index (κ2) is 4.92. The predicted octanol–water partition coefficient (Wildman–Crippen LogP) is 2.90. The van der Waals surface area contributed by atoms with Crippen molar-refractivity contribution in [2.45, 2.75) is 44.7 Å². The standard InChI is InChI=1S/C14H19N3S/c1-11-4-5-12(8-15-11)9-16-13-17-14(10-18-13)6-2-3-7-14/h4-5,8H,2-3,6-7,9-10H2,1H3,(H,16,17). The summed E-state index contributed by atoms with van der Waals surface area (Å²) in [5, 5.41) is 4.76. The van der Waals surface area contributed by atoms with E-state index < -0.39 is 0 Å². The van der Waals surface area contributed by atoms with Gasteiger partial charge in [0.05, 0.1) is 6.54 Å². The summed E-state index contributed by atoms with van der Waals surface area (Å²) in [7, 11) is 0. The molecule has 2 heterocycles. The topological polar surface area (TPSA) is 37.3 Å². The third-order valence-corrected chi connectivity index (χ3v) is 5.00. The molecule has 1 aromatic heterocycles. The summed E-state index contributed by atoms with van der Waals surface area (Å²) in [6, 6.07) is 4.15. The van der Waals surface area contributed by atoms with Crippen LogP contribution in [0.2, 0.25) is 0 Å². The number of aromatic nitrogens is 1. The lowest BCUT2D eigenvalue weighted by molar-refractivity contribution is 0.452. The molecule has 0 amide bonds. The van der Waals surface area contributed by atoms with Crippen molar-refractivity contribution in [1.82, 2.24) is 10.3 Å². The number of aryl methyl sites for hydroxylation is 1.